The van der Waals surface area contributed by atoms with Crippen LogP contribution in [0.1, 0.15) is 101 Å². The molecule has 16 heteroatoms. The third-order valence-electron chi connectivity index (χ3n) is 9.19. The molecule has 0 aliphatic carbocycles. The molecular formula is C39H58N5O10P. The minimum atomic E-state index is -4.44. The van der Waals surface area contributed by atoms with Gasteiger partial charge in [0.15, 0.2) is 18.0 Å². The number of aromatic nitrogens is 3. The summed E-state index contributed by atoms with van der Waals surface area (Å²) in [6, 6.07) is 9.29. The number of carbonyl (C=O) groups excluding carboxylic acids is 3. The first-order valence-electron chi connectivity index (χ1n) is 18.6. The van der Waals surface area contributed by atoms with E-state index in [1.54, 1.807) is 58.9 Å². The van der Waals surface area contributed by atoms with Gasteiger partial charge in [0.25, 0.3) is 0 Å². The molecule has 304 valence electrons. The first-order chi connectivity index (χ1) is 25.4. The molecule has 4 rings (SSSR count). The Balaban J connectivity index is 1.73. The van der Waals surface area contributed by atoms with E-state index in [2.05, 4.69) is 35.9 Å². The number of nitrogens with one attached hydrogen (secondary N) is 1. The van der Waals surface area contributed by atoms with Crippen molar-refractivity contribution >= 4 is 37.0 Å². The van der Waals surface area contributed by atoms with Crippen LogP contribution >= 0.6 is 7.75 Å². The largest absolute Gasteiger partial charge is 0.465 e. The van der Waals surface area contributed by atoms with Crippen LogP contribution in [0.15, 0.2) is 42.7 Å². The number of hydrogen-bond acceptors (Lipinski definition) is 13. The maximum atomic E-state index is 14.7. The lowest BCUT2D eigenvalue weighted by Gasteiger charge is -2.31. The van der Waals surface area contributed by atoms with Crippen molar-refractivity contribution in [3.8, 4) is 5.75 Å². The molecule has 15 nitrogen and oxygen atoms in total. The Morgan fingerprint density at radius 3 is 2.15 bits per heavy atom. The van der Waals surface area contributed by atoms with Gasteiger partial charge in [-0.3, -0.25) is 18.9 Å². The Hall–Kier alpha value is -4.04. The highest BCUT2D eigenvalue weighted by atomic mass is 31.2. The van der Waals surface area contributed by atoms with Gasteiger partial charge >= 0.3 is 25.7 Å². The molecule has 3 N–H and O–H groups in total. The van der Waals surface area contributed by atoms with E-state index in [4.69, 9.17) is 33.7 Å². The Kier molecular flexibility index (Phi) is 13.5. The molecule has 0 saturated carbocycles. The fraction of sp³-hybridized carbons (Fsp3) is 0.615. The second-order valence-corrected chi connectivity index (χ2v) is 18.7. The van der Waals surface area contributed by atoms with Gasteiger partial charge in [0, 0.05) is 0 Å². The second-order valence-electron chi connectivity index (χ2n) is 17.0. The van der Waals surface area contributed by atoms with Gasteiger partial charge in [-0.15, -0.1) is 0 Å². The highest BCUT2D eigenvalue weighted by Gasteiger charge is 2.59. The van der Waals surface area contributed by atoms with Crippen molar-refractivity contribution in [1.29, 1.82) is 0 Å². The SMILES string of the molecule is CC(C)C(=O)O[C@H]1[C@@H](OC(=O)C(C)C)[C@](C)(c2ccc3c(N)ncnn23)O[C@@H]1COP(=O)(N[C@@H](C)C(=O)OCCC(C)(C)C)Oc1ccc(C(C)(C)C)cc1. The van der Waals surface area contributed by atoms with Gasteiger partial charge in [0.2, 0.25) is 0 Å². The number of anilines is 1. The summed E-state index contributed by atoms with van der Waals surface area (Å²) in [5.74, 6) is -2.53. The minimum absolute atomic E-state index is 0.0723. The zero-order valence-corrected chi connectivity index (χ0v) is 35.0. The van der Waals surface area contributed by atoms with Gasteiger partial charge in [0.1, 0.15) is 35.3 Å². The second kappa shape index (κ2) is 17.0. The van der Waals surface area contributed by atoms with Crippen LogP contribution in [0.2, 0.25) is 0 Å². The normalized spacial score (nSPS) is 22.0. The third-order valence-corrected chi connectivity index (χ3v) is 10.8. The minimum Gasteiger partial charge on any atom is -0.465 e. The number of hydrogen-bond donors (Lipinski definition) is 2. The summed E-state index contributed by atoms with van der Waals surface area (Å²) in [6.07, 6.45) is -1.78. The molecule has 1 aliphatic heterocycles. The number of rotatable bonds is 15. The molecule has 1 aliphatic rings. The summed E-state index contributed by atoms with van der Waals surface area (Å²) in [4.78, 5) is 43.6. The lowest BCUT2D eigenvalue weighted by atomic mass is 9.87. The lowest BCUT2D eigenvalue weighted by molar-refractivity contribution is -0.175. The fourth-order valence-electron chi connectivity index (χ4n) is 5.76. The Bertz CT molecular complexity index is 1870. The van der Waals surface area contributed by atoms with Crippen molar-refractivity contribution in [3.63, 3.8) is 0 Å². The van der Waals surface area contributed by atoms with E-state index in [1.807, 2.05) is 32.9 Å². The van der Waals surface area contributed by atoms with Gasteiger partial charge in [0.05, 0.1) is 30.7 Å². The van der Waals surface area contributed by atoms with Crippen LogP contribution in [0.3, 0.4) is 0 Å². The predicted octanol–water partition coefficient (Wildman–Crippen LogP) is 6.52. The zero-order chi connectivity index (χ0) is 41.1. The standard InChI is InChI=1S/C39H58N5O10P/c1-23(2)34(45)51-31-29(53-39(12,32(31)52-35(46)24(3)4)30-18-17-28-33(40)41-22-42-44(28)30)21-50-55(48,43-25(5)36(47)49-20-19-37(6,7)8)54-27-15-13-26(14-16-27)38(9,10)11/h13-18,22-25,29,31-32H,19-21H2,1-12H3,(H,43,48)(H2,40,41,42)/t25-,29+,31+,32+,39-,55?/m0/s1. The number of nitrogen functional groups attached to an aromatic ring is 1. The number of carbonyl (C=O) groups is 3. The molecule has 55 heavy (non-hydrogen) atoms. The molecule has 3 heterocycles. The molecule has 0 bridgehead atoms. The van der Waals surface area contributed by atoms with Gasteiger partial charge in [-0.1, -0.05) is 81.4 Å². The van der Waals surface area contributed by atoms with Crippen LogP contribution in [0.5, 0.6) is 5.75 Å². The molecule has 3 aromatic rings. The molecule has 6 atom stereocenters. The maximum Gasteiger partial charge on any atom is 0.459 e. The Morgan fingerprint density at radius 1 is 0.945 bits per heavy atom. The van der Waals surface area contributed by atoms with Crippen LogP contribution < -0.4 is 15.3 Å². The van der Waals surface area contributed by atoms with Crippen molar-refractivity contribution in [2.45, 2.75) is 125 Å². The monoisotopic (exact) mass is 787 g/mol. The molecule has 0 radical (unpaired) electrons. The summed E-state index contributed by atoms with van der Waals surface area (Å²) in [5.41, 5.74) is 6.29. The molecule has 2 aromatic heterocycles. The summed E-state index contributed by atoms with van der Waals surface area (Å²) in [6.45, 7) is 21.8. The van der Waals surface area contributed by atoms with Crippen molar-refractivity contribution in [2.75, 3.05) is 18.9 Å². The van der Waals surface area contributed by atoms with Gasteiger partial charge in [-0.25, -0.2) is 14.1 Å². The van der Waals surface area contributed by atoms with E-state index < -0.39 is 74.1 Å². The number of esters is 3. The van der Waals surface area contributed by atoms with Crippen LogP contribution in [0.4, 0.5) is 5.82 Å². The Labute approximate surface area is 323 Å². The summed E-state index contributed by atoms with van der Waals surface area (Å²) in [7, 11) is -4.44. The molecular weight excluding hydrogens is 729 g/mol. The van der Waals surface area contributed by atoms with Crippen molar-refractivity contribution in [3.05, 3.63) is 54.0 Å². The molecule has 1 saturated heterocycles. The lowest BCUT2D eigenvalue weighted by Crippen LogP contribution is -2.46. The average molecular weight is 788 g/mol. The molecule has 0 amide bonds. The van der Waals surface area contributed by atoms with E-state index in [0.717, 1.165) is 5.56 Å². The topological polar surface area (TPSA) is 192 Å². The van der Waals surface area contributed by atoms with E-state index in [-0.39, 0.29) is 29.0 Å². The first-order valence-corrected chi connectivity index (χ1v) is 20.1. The first kappa shape index (κ1) is 43.7. The number of nitrogens with zero attached hydrogens (tertiary/aromatic N) is 3. The van der Waals surface area contributed by atoms with Gasteiger partial charge in [-0.2, -0.15) is 10.2 Å². The summed E-state index contributed by atoms with van der Waals surface area (Å²) < 4.78 is 52.6. The van der Waals surface area contributed by atoms with Crippen LogP contribution in [-0.2, 0) is 53.4 Å². The molecule has 1 fully saturated rings. The number of nitrogens with two attached hydrogens (primary N) is 1. The molecule has 1 aromatic carbocycles. The quantitative estimate of drug-likeness (QED) is 0.0961. The summed E-state index contributed by atoms with van der Waals surface area (Å²) in [5, 5.41) is 7.09. The maximum absolute atomic E-state index is 14.7. The number of fused-ring (bicyclic) bond motifs is 1. The average Bonchev–Trinajstić information content (AvgIpc) is 3.63. The third kappa shape index (κ3) is 10.8. The van der Waals surface area contributed by atoms with Crippen LogP contribution in [-0.4, -0.2) is 70.1 Å². The van der Waals surface area contributed by atoms with Crippen LogP contribution in [0.25, 0.3) is 5.52 Å². The molecule has 1 unspecified atom stereocenters. The predicted molar refractivity (Wildman–Crippen MR) is 206 cm³/mol. The van der Waals surface area contributed by atoms with Crippen LogP contribution in [0, 0.1) is 17.3 Å². The highest BCUT2D eigenvalue weighted by molar-refractivity contribution is 7.52. The van der Waals surface area contributed by atoms with E-state index >= 15 is 0 Å². The van der Waals surface area contributed by atoms with Gasteiger partial charge < -0.3 is 29.2 Å². The highest BCUT2D eigenvalue weighted by Crippen LogP contribution is 2.49. The smallest absolute Gasteiger partial charge is 0.459 e. The molecule has 0 spiro atoms. The number of benzene rings is 1. The van der Waals surface area contributed by atoms with E-state index in [9.17, 15) is 18.9 Å². The Morgan fingerprint density at radius 2 is 1.56 bits per heavy atom. The number of ether oxygens (including phenoxy) is 4. The van der Waals surface area contributed by atoms with E-state index in [0.29, 0.717) is 17.6 Å². The summed E-state index contributed by atoms with van der Waals surface area (Å²) >= 11 is 0. The fourth-order valence-corrected chi connectivity index (χ4v) is 7.26. The van der Waals surface area contributed by atoms with Gasteiger partial charge in [-0.05, 0) is 60.9 Å². The van der Waals surface area contributed by atoms with Crippen molar-refractivity contribution in [1.82, 2.24) is 19.7 Å². The van der Waals surface area contributed by atoms with Crippen molar-refractivity contribution in [2.24, 2.45) is 17.3 Å². The zero-order valence-electron chi connectivity index (χ0n) is 34.1. The van der Waals surface area contributed by atoms with E-state index in [1.165, 1.54) is 17.8 Å². The van der Waals surface area contributed by atoms with Crippen molar-refractivity contribution < 1.29 is 46.9 Å².